The van der Waals surface area contributed by atoms with E-state index >= 15 is 0 Å². The van der Waals surface area contributed by atoms with Crippen molar-refractivity contribution in [2.45, 2.75) is 0 Å². The van der Waals surface area contributed by atoms with E-state index in [0.717, 1.165) is 5.56 Å². The molecule has 0 unspecified atom stereocenters. The van der Waals surface area contributed by atoms with Crippen LogP contribution in [0.15, 0.2) is 35.1 Å². The Labute approximate surface area is 126 Å². The van der Waals surface area contributed by atoms with Gasteiger partial charge in [-0.15, -0.1) is 0 Å². The first kappa shape index (κ1) is 13.3. The topological polar surface area (TPSA) is 43.6 Å². The lowest BCUT2D eigenvalue weighted by Crippen LogP contribution is -1.97. The number of aromatic nitrogens is 2. The number of fused-ring (bicyclic) bond motifs is 1. The molecule has 2 aromatic heterocycles. The molecule has 0 N–H and O–H groups in total. The van der Waals surface area contributed by atoms with Crippen LogP contribution in [0.3, 0.4) is 0 Å². The highest BCUT2D eigenvalue weighted by atomic mass is 79.9. The summed E-state index contributed by atoms with van der Waals surface area (Å²) in [4.78, 5) is 17.0. The SMILES string of the molecule is COC(=O)c1cn2cc(-c3ccc(F)c(Br)c3)nc2s1. The lowest BCUT2D eigenvalue weighted by atomic mass is 10.2. The number of thiazole rings is 1. The number of hydrogen-bond acceptors (Lipinski definition) is 4. The van der Waals surface area contributed by atoms with Gasteiger partial charge in [-0.1, -0.05) is 11.3 Å². The Morgan fingerprint density at radius 2 is 2.25 bits per heavy atom. The van der Waals surface area contributed by atoms with Crippen LogP contribution in [0.4, 0.5) is 4.39 Å². The Morgan fingerprint density at radius 1 is 1.45 bits per heavy atom. The number of ether oxygens (including phenoxy) is 1. The zero-order valence-corrected chi connectivity index (χ0v) is 12.7. The van der Waals surface area contributed by atoms with E-state index in [2.05, 4.69) is 25.7 Å². The van der Waals surface area contributed by atoms with E-state index in [9.17, 15) is 9.18 Å². The molecular formula is C13H8BrFN2O2S. The predicted octanol–water partition coefficient (Wildman–Crippen LogP) is 3.75. The van der Waals surface area contributed by atoms with Gasteiger partial charge in [0, 0.05) is 18.0 Å². The van der Waals surface area contributed by atoms with Gasteiger partial charge in [0.15, 0.2) is 4.96 Å². The molecule has 0 fully saturated rings. The highest BCUT2D eigenvalue weighted by Gasteiger charge is 2.14. The van der Waals surface area contributed by atoms with E-state index in [4.69, 9.17) is 0 Å². The zero-order valence-electron chi connectivity index (χ0n) is 10.3. The average Bonchev–Trinajstić information content (AvgIpc) is 2.99. The van der Waals surface area contributed by atoms with Crippen LogP contribution in [0.5, 0.6) is 0 Å². The fourth-order valence-corrected chi connectivity index (χ4v) is 3.05. The van der Waals surface area contributed by atoms with Crippen LogP contribution < -0.4 is 0 Å². The normalized spacial score (nSPS) is 10.9. The monoisotopic (exact) mass is 354 g/mol. The van der Waals surface area contributed by atoms with Gasteiger partial charge in [-0.25, -0.2) is 14.2 Å². The highest BCUT2D eigenvalue weighted by molar-refractivity contribution is 9.10. The first-order chi connectivity index (χ1) is 9.58. The molecule has 0 aliphatic heterocycles. The second kappa shape index (κ2) is 4.99. The number of carbonyl (C=O) groups excluding carboxylic acids is 1. The van der Waals surface area contributed by atoms with Gasteiger partial charge in [-0.05, 0) is 34.1 Å². The Balaban J connectivity index is 2.03. The smallest absolute Gasteiger partial charge is 0.349 e. The molecule has 0 spiro atoms. The number of esters is 1. The fraction of sp³-hybridized carbons (Fsp3) is 0.0769. The second-order valence-corrected chi connectivity index (χ2v) is 5.90. The van der Waals surface area contributed by atoms with Crippen molar-refractivity contribution < 1.29 is 13.9 Å². The Bertz CT molecular complexity index is 780. The summed E-state index contributed by atoms with van der Waals surface area (Å²) in [5, 5.41) is 0. The molecule has 2 heterocycles. The van der Waals surface area contributed by atoms with E-state index in [-0.39, 0.29) is 11.8 Å². The summed E-state index contributed by atoms with van der Waals surface area (Å²) in [5.74, 6) is -0.700. The molecule has 1 aromatic carbocycles. The van der Waals surface area contributed by atoms with Crippen molar-refractivity contribution in [2.75, 3.05) is 7.11 Å². The molecule has 7 heteroatoms. The maximum atomic E-state index is 13.2. The summed E-state index contributed by atoms with van der Waals surface area (Å²) in [5.41, 5.74) is 1.52. The van der Waals surface area contributed by atoms with Crippen LogP contribution in [0.2, 0.25) is 0 Å². The lowest BCUT2D eigenvalue weighted by molar-refractivity contribution is 0.0606. The molecule has 0 amide bonds. The first-order valence-electron chi connectivity index (χ1n) is 5.61. The summed E-state index contributed by atoms with van der Waals surface area (Å²) < 4.78 is 20.0. The van der Waals surface area contributed by atoms with Crippen LogP contribution in [0, 0.1) is 5.82 Å². The molecule has 20 heavy (non-hydrogen) atoms. The molecule has 0 atom stereocenters. The fourth-order valence-electron chi connectivity index (χ4n) is 1.79. The molecule has 3 rings (SSSR count). The van der Waals surface area contributed by atoms with Crippen LogP contribution in [0.25, 0.3) is 16.2 Å². The number of nitrogens with zero attached hydrogens (tertiary/aromatic N) is 2. The minimum absolute atomic E-state index is 0.317. The van der Waals surface area contributed by atoms with Crippen LogP contribution in [-0.2, 0) is 4.74 Å². The van der Waals surface area contributed by atoms with Crippen molar-refractivity contribution in [1.82, 2.24) is 9.38 Å². The molecule has 0 aliphatic carbocycles. The van der Waals surface area contributed by atoms with Crippen molar-refractivity contribution >= 4 is 38.2 Å². The number of halogens is 2. The molecule has 0 saturated heterocycles. The van der Waals surface area contributed by atoms with Crippen molar-refractivity contribution in [2.24, 2.45) is 0 Å². The molecule has 0 saturated carbocycles. The largest absolute Gasteiger partial charge is 0.465 e. The maximum Gasteiger partial charge on any atom is 0.349 e. The van der Waals surface area contributed by atoms with Crippen LogP contribution in [-0.4, -0.2) is 22.5 Å². The van der Waals surface area contributed by atoms with Gasteiger partial charge < -0.3 is 4.74 Å². The number of methoxy groups -OCH3 is 1. The molecule has 3 aromatic rings. The highest BCUT2D eigenvalue weighted by Crippen LogP contribution is 2.27. The van der Waals surface area contributed by atoms with Gasteiger partial charge >= 0.3 is 5.97 Å². The summed E-state index contributed by atoms with van der Waals surface area (Å²) in [6.45, 7) is 0. The van der Waals surface area contributed by atoms with Gasteiger partial charge in [-0.2, -0.15) is 0 Å². The van der Waals surface area contributed by atoms with Crippen LogP contribution in [0.1, 0.15) is 9.67 Å². The first-order valence-corrected chi connectivity index (χ1v) is 7.21. The number of carbonyl (C=O) groups is 1. The third-order valence-corrected chi connectivity index (χ3v) is 4.34. The molecule has 4 nitrogen and oxygen atoms in total. The summed E-state index contributed by atoms with van der Waals surface area (Å²) in [6.07, 6.45) is 3.46. The summed E-state index contributed by atoms with van der Waals surface area (Å²) in [6, 6.07) is 4.71. The van der Waals surface area contributed by atoms with E-state index in [1.165, 1.54) is 24.5 Å². The third kappa shape index (κ3) is 2.23. The number of hydrogen-bond donors (Lipinski definition) is 0. The quantitative estimate of drug-likeness (QED) is 0.658. The van der Waals surface area contributed by atoms with Gasteiger partial charge in [0.05, 0.1) is 17.3 Å². The second-order valence-electron chi connectivity index (χ2n) is 4.03. The van der Waals surface area contributed by atoms with Crippen molar-refractivity contribution in [3.63, 3.8) is 0 Å². The average molecular weight is 355 g/mol. The minimum Gasteiger partial charge on any atom is -0.465 e. The molecule has 102 valence electrons. The van der Waals surface area contributed by atoms with Gasteiger partial charge in [0.1, 0.15) is 10.7 Å². The standard InChI is InChI=1S/C13H8BrFN2O2S/c1-19-12(18)11-6-17-5-10(16-13(17)20-11)7-2-3-9(15)8(14)4-7/h2-6H,1H3. The van der Waals surface area contributed by atoms with Crippen LogP contribution >= 0.6 is 27.3 Å². The Morgan fingerprint density at radius 3 is 2.90 bits per heavy atom. The molecular weight excluding hydrogens is 347 g/mol. The third-order valence-electron chi connectivity index (χ3n) is 2.76. The maximum absolute atomic E-state index is 13.2. The molecule has 0 radical (unpaired) electrons. The Hall–Kier alpha value is -1.73. The molecule has 0 aliphatic rings. The van der Waals surface area contributed by atoms with Gasteiger partial charge in [0.25, 0.3) is 0 Å². The number of imidazole rings is 1. The zero-order chi connectivity index (χ0) is 14.3. The number of benzene rings is 1. The van der Waals surface area contributed by atoms with E-state index in [0.29, 0.717) is 20.0 Å². The summed E-state index contributed by atoms with van der Waals surface area (Å²) >= 11 is 4.39. The van der Waals surface area contributed by atoms with E-state index in [1.54, 1.807) is 28.9 Å². The number of rotatable bonds is 2. The summed E-state index contributed by atoms with van der Waals surface area (Å²) in [7, 11) is 1.34. The van der Waals surface area contributed by atoms with Gasteiger partial charge in [-0.3, -0.25) is 4.40 Å². The van der Waals surface area contributed by atoms with E-state index in [1.807, 2.05) is 0 Å². The Kier molecular flexibility index (Phi) is 3.31. The van der Waals surface area contributed by atoms with Crippen molar-refractivity contribution in [3.05, 3.63) is 45.8 Å². The van der Waals surface area contributed by atoms with E-state index < -0.39 is 0 Å². The lowest BCUT2D eigenvalue weighted by Gasteiger charge is -1.98. The minimum atomic E-state index is -0.383. The van der Waals surface area contributed by atoms with Crippen molar-refractivity contribution in [1.29, 1.82) is 0 Å². The molecule has 0 bridgehead atoms. The van der Waals surface area contributed by atoms with Gasteiger partial charge in [0.2, 0.25) is 0 Å². The predicted molar refractivity (Wildman–Crippen MR) is 77.5 cm³/mol. The van der Waals surface area contributed by atoms with Crippen molar-refractivity contribution in [3.8, 4) is 11.3 Å².